The minimum Gasteiger partial charge on any atom is -0.481 e. The van der Waals surface area contributed by atoms with Crippen molar-refractivity contribution in [3.05, 3.63) is 0 Å². The van der Waals surface area contributed by atoms with Gasteiger partial charge in [-0.15, -0.1) is 0 Å². The summed E-state index contributed by atoms with van der Waals surface area (Å²) in [6, 6.07) is 5.96. The summed E-state index contributed by atoms with van der Waals surface area (Å²) in [6.07, 6.45) is 0. The van der Waals surface area contributed by atoms with E-state index in [1.807, 2.05) is 0 Å². The topological polar surface area (TPSA) is 46.5 Å². The zero-order valence-electron chi connectivity index (χ0n) is 11.6. The van der Waals surface area contributed by atoms with Crippen LogP contribution in [0.2, 0.25) is 36.3 Å². The number of carboxylic acids is 1. The average Bonchev–Trinajstić information content (AvgIpc) is 2.37. The highest BCUT2D eigenvalue weighted by atomic mass is 28.4. The van der Waals surface area contributed by atoms with E-state index < -0.39 is 22.6 Å². The molecule has 1 saturated heterocycles. The number of aliphatic carboxylic acids is 1. The second kappa shape index (κ2) is 5.67. The van der Waals surface area contributed by atoms with E-state index in [0.29, 0.717) is 0 Å². The minimum absolute atomic E-state index is 0.123. The lowest BCUT2D eigenvalue weighted by atomic mass is 10.2. The first-order chi connectivity index (χ1) is 7.96. The summed E-state index contributed by atoms with van der Waals surface area (Å²) < 4.78 is 6.65. The van der Waals surface area contributed by atoms with Crippen molar-refractivity contribution in [2.24, 2.45) is 5.92 Å². The fourth-order valence-corrected chi connectivity index (χ4v) is 14.6. The van der Waals surface area contributed by atoms with E-state index in [4.69, 9.17) is 4.12 Å². The fraction of sp³-hybridized carbons (Fsp3) is 0.917. The first kappa shape index (κ1) is 14.9. The van der Waals surface area contributed by atoms with Gasteiger partial charge in [0.05, 0.1) is 5.92 Å². The summed E-state index contributed by atoms with van der Waals surface area (Å²) in [5.41, 5.74) is 0. The zero-order valence-corrected chi connectivity index (χ0v) is 13.6. The number of rotatable bonds is 5. The van der Waals surface area contributed by atoms with Crippen molar-refractivity contribution in [3.63, 3.8) is 0 Å². The molecule has 0 aromatic carbocycles. The maximum absolute atomic E-state index is 11.4. The van der Waals surface area contributed by atoms with Gasteiger partial charge in [0.1, 0.15) is 0 Å². The molecule has 0 aromatic rings. The molecule has 0 aliphatic carbocycles. The van der Waals surface area contributed by atoms with Crippen molar-refractivity contribution in [2.75, 3.05) is 0 Å². The van der Waals surface area contributed by atoms with Crippen LogP contribution < -0.4 is 0 Å². The van der Waals surface area contributed by atoms with Crippen molar-refractivity contribution in [3.8, 4) is 0 Å². The maximum atomic E-state index is 11.4. The Morgan fingerprint density at radius 1 is 1.06 bits per heavy atom. The van der Waals surface area contributed by atoms with E-state index in [0.717, 1.165) is 36.3 Å². The summed E-state index contributed by atoms with van der Waals surface area (Å²) >= 11 is 0. The lowest BCUT2D eigenvalue weighted by Crippen LogP contribution is -2.57. The Kier molecular flexibility index (Phi) is 4.98. The average molecular weight is 275 g/mol. The minimum atomic E-state index is -1.75. The van der Waals surface area contributed by atoms with Crippen LogP contribution in [0.3, 0.4) is 0 Å². The monoisotopic (exact) mass is 274 g/mol. The molecule has 5 heteroatoms. The van der Waals surface area contributed by atoms with E-state index in [1.165, 1.54) is 0 Å². The molecule has 0 radical (unpaired) electrons. The molecule has 0 saturated carbocycles. The van der Waals surface area contributed by atoms with Gasteiger partial charge in [-0.1, -0.05) is 27.7 Å². The van der Waals surface area contributed by atoms with Crippen molar-refractivity contribution in [1.82, 2.24) is 0 Å². The predicted octanol–water partition coefficient (Wildman–Crippen LogP) is 3.69. The Balaban J connectivity index is 3.01. The molecule has 3 nitrogen and oxygen atoms in total. The highest BCUT2D eigenvalue weighted by Gasteiger charge is 2.50. The SMILES string of the molecule is CC[Si]1(CC)CC(C(=O)O)C[Si](CC)(CC)O1. The van der Waals surface area contributed by atoms with Crippen molar-refractivity contribution < 1.29 is 14.0 Å². The Morgan fingerprint density at radius 2 is 1.41 bits per heavy atom. The van der Waals surface area contributed by atoms with Crippen LogP contribution in [0.1, 0.15) is 27.7 Å². The number of hydrogen-bond acceptors (Lipinski definition) is 2. The van der Waals surface area contributed by atoms with E-state index in [-0.39, 0.29) is 5.92 Å². The van der Waals surface area contributed by atoms with Gasteiger partial charge in [0, 0.05) is 0 Å². The normalized spacial score (nSPS) is 23.5. The third kappa shape index (κ3) is 3.00. The number of carboxylic acid groups (broad SMARTS) is 1. The molecule has 0 atom stereocenters. The number of hydrogen-bond donors (Lipinski definition) is 1. The first-order valence-corrected chi connectivity index (χ1v) is 12.0. The second-order valence-corrected chi connectivity index (χ2v) is 14.5. The van der Waals surface area contributed by atoms with Gasteiger partial charge in [-0.25, -0.2) is 0 Å². The Morgan fingerprint density at radius 3 is 1.65 bits per heavy atom. The zero-order chi connectivity index (χ0) is 13.1. The van der Waals surface area contributed by atoms with Gasteiger partial charge >= 0.3 is 5.97 Å². The summed E-state index contributed by atoms with van der Waals surface area (Å²) in [5.74, 6) is -0.715. The van der Waals surface area contributed by atoms with Gasteiger partial charge in [-0.05, 0) is 36.3 Å². The number of carbonyl (C=O) groups is 1. The molecule has 1 aliphatic heterocycles. The molecule has 0 unspecified atom stereocenters. The molecule has 1 aliphatic rings. The maximum Gasteiger partial charge on any atom is 0.306 e. The predicted molar refractivity (Wildman–Crippen MR) is 75.3 cm³/mol. The van der Waals surface area contributed by atoms with Crippen LogP contribution in [0.15, 0.2) is 0 Å². The van der Waals surface area contributed by atoms with Crippen molar-refractivity contribution in [1.29, 1.82) is 0 Å². The second-order valence-electron chi connectivity index (χ2n) is 5.33. The van der Waals surface area contributed by atoms with Crippen molar-refractivity contribution >= 4 is 22.6 Å². The van der Waals surface area contributed by atoms with E-state index in [9.17, 15) is 9.90 Å². The smallest absolute Gasteiger partial charge is 0.306 e. The van der Waals surface area contributed by atoms with Gasteiger partial charge in [0.2, 0.25) is 0 Å². The Hall–Kier alpha value is -0.136. The van der Waals surface area contributed by atoms with Crippen LogP contribution in [-0.2, 0) is 8.91 Å². The molecule has 1 fully saturated rings. The highest BCUT2D eigenvalue weighted by molar-refractivity contribution is 6.88. The molecule has 1 N–H and O–H groups in total. The largest absolute Gasteiger partial charge is 0.481 e. The molecule has 1 heterocycles. The quantitative estimate of drug-likeness (QED) is 0.778. The molecule has 100 valence electrons. The first-order valence-electron chi connectivity index (χ1n) is 6.89. The van der Waals surface area contributed by atoms with E-state index in [1.54, 1.807) is 0 Å². The molecule has 0 spiro atoms. The molecule has 0 aromatic heterocycles. The summed E-state index contributed by atoms with van der Waals surface area (Å²) in [5, 5.41) is 9.37. The standard InChI is InChI=1S/C12H26O3Si2/c1-5-16(6-2)9-11(12(13)14)10-17(7-3,8-4)15-16/h11H,5-10H2,1-4H3,(H,13,14). The molecular weight excluding hydrogens is 248 g/mol. The van der Waals surface area contributed by atoms with Gasteiger partial charge < -0.3 is 9.22 Å². The van der Waals surface area contributed by atoms with Crippen LogP contribution in [-0.4, -0.2) is 27.7 Å². The van der Waals surface area contributed by atoms with Gasteiger partial charge in [-0.3, -0.25) is 4.79 Å². The van der Waals surface area contributed by atoms with Crippen LogP contribution in [0.25, 0.3) is 0 Å². The third-order valence-electron chi connectivity index (χ3n) is 4.60. The summed E-state index contributed by atoms with van der Waals surface area (Å²) in [7, 11) is -3.51. The lowest BCUT2D eigenvalue weighted by molar-refractivity contribution is -0.140. The van der Waals surface area contributed by atoms with Gasteiger partial charge in [0.15, 0.2) is 16.6 Å². The molecule has 0 bridgehead atoms. The van der Waals surface area contributed by atoms with Crippen LogP contribution in [0.5, 0.6) is 0 Å². The molecular formula is C12H26O3Si2. The van der Waals surface area contributed by atoms with Crippen LogP contribution in [0.4, 0.5) is 0 Å². The van der Waals surface area contributed by atoms with Crippen LogP contribution in [0, 0.1) is 5.92 Å². The van der Waals surface area contributed by atoms with Crippen molar-refractivity contribution in [2.45, 2.75) is 64.0 Å². The lowest BCUT2D eigenvalue weighted by Gasteiger charge is -2.47. The van der Waals surface area contributed by atoms with Gasteiger partial charge in [0.25, 0.3) is 0 Å². The summed E-state index contributed by atoms with van der Waals surface area (Å²) in [4.78, 5) is 11.4. The highest BCUT2D eigenvalue weighted by Crippen LogP contribution is 2.42. The van der Waals surface area contributed by atoms with Crippen LogP contribution >= 0.6 is 0 Å². The third-order valence-corrected chi connectivity index (χ3v) is 15.7. The Labute approximate surface area is 107 Å². The Bertz CT molecular complexity index is 253. The molecule has 1 rings (SSSR count). The fourth-order valence-electron chi connectivity index (χ4n) is 3.05. The van der Waals surface area contributed by atoms with Gasteiger partial charge in [-0.2, -0.15) is 0 Å². The van der Waals surface area contributed by atoms with E-state index in [2.05, 4.69) is 27.7 Å². The summed E-state index contributed by atoms with van der Waals surface area (Å²) in [6.45, 7) is 8.74. The molecule has 17 heavy (non-hydrogen) atoms. The molecule has 0 amide bonds. The van der Waals surface area contributed by atoms with E-state index >= 15 is 0 Å².